The standard InChI is InChI=1S/C14H18ClN3OS/c1-2-7-20-8-6-16-13-12(15)9-17-18(14(13)19)10-11-4-3-5-11/h1,9,11,16H,3-8,10H2. The molecule has 2 rings (SSSR count). The van der Waals surface area contributed by atoms with Crippen LogP contribution < -0.4 is 10.9 Å². The second-order valence-corrected chi connectivity index (χ2v) is 6.35. The molecule has 20 heavy (non-hydrogen) atoms. The minimum absolute atomic E-state index is 0.133. The Morgan fingerprint density at radius 1 is 1.60 bits per heavy atom. The van der Waals surface area contributed by atoms with E-state index in [1.807, 2.05) is 0 Å². The van der Waals surface area contributed by atoms with E-state index in [9.17, 15) is 4.79 Å². The molecule has 0 aromatic carbocycles. The van der Waals surface area contributed by atoms with Crippen molar-refractivity contribution in [2.45, 2.75) is 25.8 Å². The molecule has 0 spiro atoms. The zero-order valence-corrected chi connectivity index (χ0v) is 12.8. The van der Waals surface area contributed by atoms with E-state index < -0.39 is 0 Å². The number of rotatable bonds is 7. The molecular weight excluding hydrogens is 294 g/mol. The Kier molecular flexibility index (Phi) is 5.81. The quantitative estimate of drug-likeness (QED) is 0.621. The van der Waals surface area contributed by atoms with Crippen LogP contribution in [0.4, 0.5) is 5.69 Å². The van der Waals surface area contributed by atoms with Crippen LogP contribution in [0.1, 0.15) is 19.3 Å². The third-order valence-electron chi connectivity index (χ3n) is 3.39. The van der Waals surface area contributed by atoms with Gasteiger partial charge in [0.25, 0.3) is 5.56 Å². The molecule has 1 heterocycles. The van der Waals surface area contributed by atoms with Crippen molar-refractivity contribution in [1.82, 2.24) is 9.78 Å². The van der Waals surface area contributed by atoms with E-state index in [2.05, 4.69) is 16.3 Å². The molecule has 1 N–H and O–H groups in total. The number of anilines is 1. The number of hydrogen-bond donors (Lipinski definition) is 1. The Hall–Kier alpha value is -1.12. The minimum Gasteiger partial charge on any atom is -0.378 e. The molecule has 0 bridgehead atoms. The Balaban J connectivity index is 1.97. The number of thioether (sulfide) groups is 1. The second-order valence-electron chi connectivity index (χ2n) is 4.84. The average molecular weight is 312 g/mol. The SMILES string of the molecule is C#CCSCCNc1c(Cl)cnn(CC2CCC2)c1=O. The van der Waals surface area contributed by atoms with E-state index in [1.54, 1.807) is 18.0 Å². The fourth-order valence-corrected chi connectivity index (χ4v) is 2.76. The smallest absolute Gasteiger partial charge is 0.291 e. The molecule has 0 radical (unpaired) electrons. The van der Waals surface area contributed by atoms with Crippen molar-refractivity contribution in [3.63, 3.8) is 0 Å². The van der Waals surface area contributed by atoms with Crippen LogP contribution in [0.15, 0.2) is 11.0 Å². The first kappa shape index (κ1) is 15.3. The molecule has 4 nitrogen and oxygen atoms in total. The molecule has 1 aromatic heterocycles. The number of halogens is 1. The van der Waals surface area contributed by atoms with Crippen molar-refractivity contribution in [3.05, 3.63) is 21.6 Å². The van der Waals surface area contributed by atoms with Crippen LogP contribution in [0.2, 0.25) is 5.02 Å². The van der Waals surface area contributed by atoms with Crippen LogP contribution >= 0.6 is 23.4 Å². The minimum atomic E-state index is -0.133. The zero-order chi connectivity index (χ0) is 14.4. The molecule has 108 valence electrons. The van der Waals surface area contributed by atoms with E-state index in [0.717, 1.165) is 5.75 Å². The Labute approximate surface area is 128 Å². The Bertz CT molecular complexity index is 548. The highest BCUT2D eigenvalue weighted by Gasteiger charge is 2.20. The summed E-state index contributed by atoms with van der Waals surface area (Å²) in [5, 5.41) is 7.59. The van der Waals surface area contributed by atoms with Crippen LogP contribution in [0.3, 0.4) is 0 Å². The molecular formula is C14H18ClN3OS. The fraction of sp³-hybridized carbons (Fsp3) is 0.571. The lowest BCUT2D eigenvalue weighted by Gasteiger charge is -2.25. The molecule has 0 saturated heterocycles. The molecule has 6 heteroatoms. The second kappa shape index (κ2) is 7.61. The predicted octanol–water partition coefficient (Wildman–Crippen LogP) is 2.48. The van der Waals surface area contributed by atoms with Gasteiger partial charge in [-0.3, -0.25) is 4.79 Å². The Morgan fingerprint density at radius 3 is 3.05 bits per heavy atom. The molecule has 0 amide bonds. The highest BCUT2D eigenvalue weighted by molar-refractivity contribution is 7.99. The van der Waals surface area contributed by atoms with Crippen LogP contribution in [0.25, 0.3) is 0 Å². The lowest BCUT2D eigenvalue weighted by atomic mass is 9.85. The van der Waals surface area contributed by atoms with Crippen LogP contribution in [0.5, 0.6) is 0 Å². The van der Waals surface area contributed by atoms with E-state index >= 15 is 0 Å². The summed E-state index contributed by atoms with van der Waals surface area (Å²) in [6.07, 6.45) is 10.3. The van der Waals surface area contributed by atoms with Gasteiger partial charge in [-0.05, 0) is 18.8 Å². The summed E-state index contributed by atoms with van der Waals surface area (Å²) in [6, 6.07) is 0. The first-order valence-electron chi connectivity index (χ1n) is 6.73. The van der Waals surface area contributed by atoms with Gasteiger partial charge in [-0.15, -0.1) is 18.2 Å². The van der Waals surface area contributed by atoms with Crippen LogP contribution in [-0.2, 0) is 6.54 Å². The van der Waals surface area contributed by atoms with Crippen molar-refractivity contribution >= 4 is 29.1 Å². The van der Waals surface area contributed by atoms with Crippen molar-refractivity contribution in [2.75, 3.05) is 23.4 Å². The third kappa shape index (κ3) is 3.94. The van der Waals surface area contributed by atoms with Gasteiger partial charge >= 0.3 is 0 Å². The van der Waals surface area contributed by atoms with E-state index in [1.165, 1.54) is 23.9 Å². The predicted molar refractivity (Wildman–Crippen MR) is 85.5 cm³/mol. The monoisotopic (exact) mass is 311 g/mol. The van der Waals surface area contributed by atoms with E-state index in [0.29, 0.717) is 35.5 Å². The zero-order valence-electron chi connectivity index (χ0n) is 11.3. The van der Waals surface area contributed by atoms with Gasteiger partial charge in [0.15, 0.2) is 0 Å². The van der Waals surface area contributed by atoms with E-state index in [4.69, 9.17) is 18.0 Å². The fourth-order valence-electron chi connectivity index (χ4n) is 2.06. The van der Waals surface area contributed by atoms with Crippen molar-refractivity contribution < 1.29 is 0 Å². The number of nitrogens with one attached hydrogen (secondary N) is 1. The summed E-state index contributed by atoms with van der Waals surface area (Å²) in [6.45, 7) is 1.35. The lowest BCUT2D eigenvalue weighted by Crippen LogP contribution is -2.31. The molecule has 1 aromatic rings. The third-order valence-corrected chi connectivity index (χ3v) is 4.54. The van der Waals surface area contributed by atoms with Gasteiger partial charge in [-0.25, -0.2) is 4.68 Å². The lowest BCUT2D eigenvalue weighted by molar-refractivity contribution is 0.262. The molecule has 1 saturated carbocycles. The highest BCUT2D eigenvalue weighted by Crippen LogP contribution is 2.27. The Morgan fingerprint density at radius 2 is 2.40 bits per heavy atom. The first-order chi connectivity index (χ1) is 9.72. The normalized spacial score (nSPS) is 14.6. The molecule has 0 aliphatic heterocycles. The van der Waals surface area contributed by atoms with Crippen LogP contribution in [0, 0.1) is 18.3 Å². The van der Waals surface area contributed by atoms with Crippen LogP contribution in [-0.4, -0.2) is 27.8 Å². The maximum atomic E-state index is 12.3. The number of hydrogen-bond acceptors (Lipinski definition) is 4. The maximum absolute atomic E-state index is 12.3. The molecule has 0 atom stereocenters. The van der Waals surface area contributed by atoms with E-state index in [-0.39, 0.29) is 5.56 Å². The van der Waals surface area contributed by atoms with Gasteiger partial charge in [-0.2, -0.15) is 5.10 Å². The first-order valence-corrected chi connectivity index (χ1v) is 8.26. The van der Waals surface area contributed by atoms with Crippen molar-refractivity contribution in [3.8, 4) is 12.3 Å². The van der Waals surface area contributed by atoms with Crippen molar-refractivity contribution in [1.29, 1.82) is 0 Å². The summed E-state index contributed by atoms with van der Waals surface area (Å²) in [4.78, 5) is 12.3. The summed E-state index contributed by atoms with van der Waals surface area (Å²) < 4.78 is 1.52. The summed E-state index contributed by atoms with van der Waals surface area (Å²) in [5.74, 6) is 4.67. The van der Waals surface area contributed by atoms with Gasteiger partial charge in [0, 0.05) is 18.8 Å². The molecule has 1 aliphatic rings. The van der Waals surface area contributed by atoms with Gasteiger partial charge in [0.05, 0.1) is 17.0 Å². The summed E-state index contributed by atoms with van der Waals surface area (Å²) >= 11 is 7.69. The average Bonchev–Trinajstić information content (AvgIpc) is 2.39. The van der Waals surface area contributed by atoms with Gasteiger partial charge in [-0.1, -0.05) is 23.9 Å². The highest BCUT2D eigenvalue weighted by atomic mass is 35.5. The summed E-state index contributed by atoms with van der Waals surface area (Å²) in [5.41, 5.74) is 0.314. The molecule has 1 fully saturated rings. The number of terminal acetylenes is 1. The largest absolute Gasteiger partial charge is 0.378 e. The summed E-state index contributed by atoms with van der Waals surface area (Å²) in [7, 11) is 0. The van der Waals surface area contributed by atoms with Gasteiger partial charge < -0.3 is 5.32 Å². The van der Waals surface area contributed by atoms with Gasteiger partial charge in [0.2, 0.25) is 0 Å². The number of aromatic nitrogens is 2. The van der Waals surface area contributed by atoms with Crippen molar-refractivity contribution in [2.24, 2.45) is 5.92 Å². The molecule has 1 aliphatic carbocycles. The topological polar surface area (TPSA) is 46.9 Å². The maximum Gasteiger partial charge on any atom is 0.291 e. The number of nitrogens with zero attached hydrogens (tertiary/aromatic N) is 2. The molecule has 0 unspecified atom stereocenters. The van der Waals surface area contributed by atoms with Gasteiger partial charge in [0.1, 0.15) is 5.69 Å².